The molecule has 0 aliphatic heterocycles. The first-order valence-corrected chi connectivity index (χ1v) is 12.4. The Morgan fingerprint density at radius 1 is 0.971 bits per heavy atom. The normalized spacial score (nSPS) is 12.9. The Hall–Kier alpha value is -2.61. The predicted molar refractivity (Wildman–Crippen MR) is 137 cm³/mol. The van der Waals surface area contributed by atoms with Crippen LogP contribution < -0.4 is 9.47 Å². The monoisotopic (exact) mass is 487 g/mol. The number of likely N-dealkylation sites (N-methyl/N-ethyl adjacent to an activating group) is 1. The van der Waals surface area contributed by atoms with E-state index >= 15 is 0 Å². The third-order valence-corrected chi connectivity index (χ3v) is 5.75. The minimum atomic E-state index is -0.867. The number of unbranched alkanes of at least 4 members (excludes halogenated alkanes) is 3. The van der Waals surface area contributed by atoms with Crippen LogP contribution in [0, 0.1) is 0 Å². The number of hydrogen-bond donors (Lipinski definition) is 2. The topological polar surface area (TPSA) is 88.5 Å². The van der Waals surface area contributed by atoms with E-state index in [4.69, 9.17) is 19.3 Å². The number of nitrogens with zero attached hydrogens (tertiary/aromatic N) is 1. The van der Waals surface area contributed by atoms with Crippen LogP contribution in [0.3, 0.4) is 0 Å². The van der Waals surface area contributed by atoms with Crippen LogP contribution in [0.1, 0.15) is 49.7 Å². The van der Waals surface area contributed by atoms with E-state index in [1.54, 1.807) is 7.11 Å². The summed E-state index contributed by atoms with van der Waals surface area (Å²) in [6, 6.07) is 16.2. The van der Waals surface area contributed by atoms with Gasteiger partial charge in [0.05, 0.1) is 7.11 Å². The van der Waals surface area contributed by atoms with Crippen LogP contribution in [0.2, 0.25) is 0 Å². The van der Waals surface area contributed by atoms with Crippen molar-refractivity contribution in [3.8, 4) is 11.5 Å². The molecule has 1 unspecified atom stereocenters. The maximum absolute atomic E-state index is 10.6. The van der Waals surface area contributed by atoms with E-state index in [-0.39, 0.29) is 12.5 Å². The van der Waals surface area contributed by atoms with Gasteiger partial charge in [-0.05, 0) is 75.5 Å². The third kappa shape index (κ3) is 12.1. The molecule has 2 rings (SSSR count). The summed E-state index contributed by atoms with van der Waals surface area (Å²) >= 11 is 0. The van der Waals surface area contributed by atoms with Gasteiger partial charge in [-0.15, -0.1) is 0 Å². The van der Waals surface area contributed by atoms with Crippen molar-refractivity contribution < 1.29 is 29.2 Å². The summed E-state index contributed by atoms with van der Waals surface area (Å²) < 4.78 is 17.3. The molecule has 0 heterocycles. The number of aryl methyl sites for hydroxylation is 2. The molecule has 0 aromatic heterocycles. The fourth-order valence-electron chi connectivity index (χ4n) is 3.89. The molecule has 7 heteroatoms. The molecule has 0 aliphatic rings. The Bertz CT molecular complexity index is 855. The van der Waals surface area contributed by atoms with Gasteiger partial charge >= 0.3 is 5.97 Å². The summed E-state index contributed by atoms with van der Waals surface area (Å²) in [7, 11) is 5.60. The van der Waals surface area contributed by atoms with Gasteiger partial charge < -0.3 is 29.3 Å². The highest BCUT2D eigenvalue weighted by atomic mass is 16.6. The number of ether oxygens (including phenoxy) is 3. The number of methoxy groups -OCH3 is 1. The van der Waals surface area contributed by atoms with Crippen molar-refractivity contribution in [3.63, 3.8) is 0 Å². The fraction of sp³-hybridized carbons (Fsp3) is 0.536. The number of aliphatic hydroxyl groups is 1. The lowest BCUT2D eigenvalue weighted by Gasteiger charge is -2.25. The van der Waals surface area contributed by atoms with E-state index in [1.807, 2.05) is 49.3 Å². The highest BCUT2D eigenvalue weighted by Crippen LogP contribution is 2.22. The number of para-hydroxylation sites is 1. The molecule has 35 heavy (non-hydrogen) atoms. The summed E-state index contributed by atoms with van der Waals surface area (Å²) in [5.74, 6) is 0.924. The van der Waals surface area contributed by atoms with Gasteiger partial charge in [-0.2, -0.15) is 0 Å². The van der Waals surface area contributed by atoms with Gasteiger partial charge in [0.25, 0.3) is 0 Å². The number of carboxylic acids is 1. The van der Waals surface area contributed by atoms with E-state index in [0.717, 1.165) is 49.2 Å². The van der Waals surface area contributed by atoms with Crippen LogP contribution in [0.15, 0.2) is 48.5 Å². The van der Waals surface area contributed by atoms with Crippen LogP contribution in [-0.2, 0) is 22.4 Å². The maximum atomic E-state index is 10.6. The highest BCUT2D eigenvalue weighted by Gasteiger charge is 2.17. The second-order valence-electron chi connectivity index (χ2n) is 9.09. The van der Waals surface area contributed by atoms with Crippen LogP contribution in [0.5, 0.6) is 11.5 Å². The quantitative estimate of drug-likeness (QED) is 0.236. The Morgan fingerprint density at radius 3 is 2.37 bits per heavy atom. The minimum absolute atomic E-state index is 0.197. The molecule has 0 saturated carbocycles. The van der Waals surface area contributed by atoms with Gasteiger partial charge in [-0.1, -0.05) is 43.2 Å². The second-order valence-corrected chi connectivity index (χ2v) is 9.09. The fourth-order valence-corrected chi connectivity index (χ4v) is 3.89. The lowest BCUT2D eigenvalue weighted by Crippen LogP contribution is -2.36. The molecule has 7 nitrogen and oxygen atoms in total. The van der Waals surface area contributed by atoms with E-state index in [0.29, 0.717) is 26.0 Å². The van der Waals surface area contributed by atoms with E-state index in [2.05, 4.69) is 18.2 Å². The molecule has 2 atom stereocenters. The van der Waals surface area contributed by atoms with Crippen LogP contribution in [0.4, 0.5) is 0 Å². The van der Waals surface area contributed by atoms with Gasteiger partial charge in [0, 0.05) is 13.0 Å². The van der Waals surface area contributed by atoms with Crippen molar-refractivity contribution in [2.75, 3.05) is 34.4 Å². The molecule has 2 N–H and O–H groups in total. The lowest BCUT2D eigenvalue weighted by atomic mass is 10.0. The highest BCUT2D eigenvalue weighted by molar-refractivity contribution is 5.66. The van der Waals surface area contributed by atoms with Gasteiger partial charge in [0.15, 0.2) is 6.29 Å². The number of aliphatic carboxylic acids is 1. The van der Waals surface area contributed by atoms with E-state index in [9.17, 15) is 9.90 Å². The summed E-state index contributed by atoms with van der Waals surface area (Å²) in [5.41, 5.74) is 2.37. The Balaban J connectivity index is 1.84. The van der Waals surface area contributed by atoms with Crippen LogP contribution in [-0.4, -0.2) is 67.8 Å². The second kappa shape index (κ2) is 16.1. The van der Waals surface area contributed by atoms with Gasteiger partial charge in [0.2, 0.25) is 0 Å². The number of aliphatic hydroxyl groups excluding tert-OH is 1. The molecule has 0 saturated heterocycles. The summed E-state index contributed by atoms with van der Waals surface area (Å²) in [6.45, 7) is 0.969. The van der Waals surface area contributed by atoms with Crippen molar-refractivity contribution in [2.24, 2.45) is 0 Å². The minimum Gasteiger partial charge on any atom is -0.497 e. The van der Waals surface area contributed by atoms with Crippen molar-refractivity contribution >= 4 is 5.97 Å². The third-order valence-electron chi connectivity index (χ3n) is 5.75. The molecule has 2 aromatic carbocycles. The smallest absolute Gasteiger partial charge is 0.303 e. The number of carboxylic acid groups (broad SMARTS) is 1. The predicted octanol–water partition coefficient (Wildman–Crippen LogP) is 4.55. The molecule has 0 amide bonds. The van der Waals surface area contributed by atoms with Gasteiger partial charge in [-0.3, -0.25) is 4.79 Å². The SMILES string of the molecule is COc1ccc(CCc2ccccc2OC[C@H](CN(C)C)OC(O)CCCCCCC(=O)O)cc1. The molecule has 0 radical (unpaired) electrons. The van der Waals surface area contributed by atoms with Gasteiger partial charge in [-0.25, -0.2) is 0 Å². The number of benzene rings is 2. The van der Waals surface area contributed by atoms with Crippen LogP contribution in [0.25, 0.3) is 0 Å². The molecule has 0 bridgehead atoms. The van der Waals surface area contributed by atoms with E-state index in [1.165, 1.54) is 5.56 Å². The lowest BCUT2D eigenvalue weighted by molar-refractivity contribution is -0.151. The van der Waals surface area contributed by atoms with Crippen LogP contribution >= 0.6 is 0 Å². The average Bonchev–Trinajstić information content (AvgIpc) is 2.83. The first-order valence-electron chi connectivity index (χ1n) is 12.4. The molecular weight excluding hydrogens is 446 g/mol. The standard InChI is InChI=1S/C28H41NO6/c1-29(2)20-25(35-28(32)13-7-5-4-6-12-27(30)31)21-34-26-11-9-8-10-23(26)17-14-22-15-18-24(33-3)19-16-22/h8-11,15-16,18-19,25,28,32H,4-7,12-14,17,20-21H2,1-3H3,(H,30,31)/t25-,28?/m0/s1. The Kier molecular flexibility index (Phi) is 13.2. The Labute approximate surface area is 209 Å². The zero-order chi connectivity index (χ0) is 25.5. The zero-order valence-corrected chi connectivity index (χ0v) is 21.3. The van der Waals surface area contributed by atoms with Crippen molar-refractivity contribution in [1.82, 2.24) is 4.90 Å². The maximum Gasteiger partial charge on any atom is 0.303 e. The molecule has 0 spiro atoms. The van der Waals surface area contributed by atoms with E-state index < -0.39 is 12.3 Å². The summed E-state index contributed by atoms with van der Waals surface area (Å²) in [4.78, 5) is 12.6. The molecule has 0 aliphatic carbocycles. The first-order chi connectivity index (χ1) is 16.9. The molecule has 0 fully saturated rings. The summed E-state index contributed by atoms with van der Waals surface area (Å²) in [5, 5.41) is 19.1. The Morgan fingerprint density at radius 2 is 1.69 bits per heavy atom. The molecule has 194 valence electrons. The number of rotatable bonds is 18. The first kappa shape index (κ1) is 28.6. The summed E-state index contributed by atoms with van der Waals surface area (Å²) in [6.07, 6.45) is 4.51. The van der Waals surface area contributed by atoms with Crippen molar-refractivity contribution in [1.29, 1.82) is 0 Å². The molecular formula is C28H41NO6. The zero-order valence-electron chi connectivity index (χ0n) is 21.3. The molecule has 2 aromatic rings. The average molecular weight is 488 g/mol. The largest absolute Gasteiger partial charge is 0.497 e. The number of hydrogen-bond acceptors (Lipinski definition) is 6. The van der Waals surface area contributed by atoms with Crippen molar-refractivity contribution in [3.05, 3.63) is 59.7 Å². The van der Waals surface area contributed by atoms with Crippen molar-refractivity contribution in [2.45, 2.75) is 63.8 Å². The van der Waals surface area contributed by atoms with Gasteiger partial charge in [0.1, 0.15) is 24.2 Å². The number of carbonyl (C=O) groups is 1.